The molecule has 5 nitrogen and oxygen atoms in total. The maximum atomic E-state index is 12.8. The number of alkyl halides is 2. The van der Waals surface area contributed by atoms with Crippen molar-refractivity contribution in [2.75, 3.05) is 13.7 Å². The van der Waals surface area contributed by atoms with Gasteiger partial charge in [-0.15, -0.1) is 0 Å². The van der Waals surface area contributed by atoms with Crippen LogP contribution in [-0.4, -0.2) is 32.0 Å². The molecule has 160 valence electrons. The van der Waals surface area contributed by atoms with Gasteiger partial charge in [0.05, 0.1) is 12.7 Å². The number of carbonyl (C=O) groups is 2. The van der Waals surface area contributed by atoms with Crippen molar-refractivity contribution in [1.29, 1.82) is 0 Å². The van der Waals surface area contributed by atoms with Crippen molar-refractivity contribution < 1.29 is 27.8 Å². The minimum absolute atomic E-state index is 0.0693. The topological polar surface area (TPSA) is 64.6 Å². The van der Waals surface area contributed by atoms with Gasteiger partial charge in [0.15, 0.2) is 17.3 Å². The highest BCUT2D eigenvalue weighted by molar-refractivity contribution is 6.15. The van der Waals surface area contributed by atoms with Crippen LogP contribution in [0.25, 0.3) is 0 Å². The van der Waals surface area contributed by atoms with Crippen molar-refractivity contribution in [1.82, 2.24) is 5.32 Å². The quantitative estimate of drug-likeness (QED) is 0.513. The van der Waals surface area contributed by atoms with E-state index in [9.17, 15) is 18.4 Å². The van der Waals surface area contributed by atoms with Crippen LogP contribution in [0.1, 0.15) is 31.8 Å². The smallest absolute Gasteiger partial charge is 0.387 e. The van der Waals surface area contributed by atoms with Crippen molar-refractivity contribution in [2.24, 2.45) is 0 Å². The predicted molar refractivity (Wildman–Crippen MR) is 112 cm³/mol. The third-order valence-corrected chi connectivity index (χ3v) is 4.60. The number of halogens is 2. The Morgan fingerprint density at radius 2 is 1.58 bits per heavy atom. The molecule has 7 heteroatoms. The molecule has 0 atom stereocenters. The van der Waals surface area contributed by atoms with Gasteiger partial charge in [-0.25, -0.2) is 0 Å². The Morgan fingerprint density at radius 3 is 2.26 bits per heavy atom. The molecular formula is C24H21F2NO4. The Balaban J connectivity index is 1.68. The molecule has 0 unspecified atom stereocenters. The molecule has 0 fully saturated rings. The van der Waals surface area contributed by atoms with Gasteiger partial charge in [0.2, 0.25) is 0 Å². The molecule has 3 rings (SSSR count). The molecule has 0 heterocycles. The van der Waals surface area contributed by atoms with Gasteiger partial charge in [-0.2, -0.15) is 8.78 Å². The lowest BCUT2D eigenvalue weighted by Gasteiger charge is -2.12. The van der Waals surface area contributed by atoms with Gasteiger partial charge < -0.3 is 14.8 Å². The standard InChI is InChI=1S/C24H21F2NO4/c1-30-20-12-11-16(15-21(20)31-24(25)26)13-14-27-23(29)19-10-6-5-9-18(19)22(28)17-7-3-2-4-8-17/h2-12,15,24H,13-14H2,1H3,(H,27,29). The van der Waals surface area contributed by atoms with E-state index in [-0.39, 0.29) is 29.4 Å². The van der Waals surface area contributed by atoms with Gasteiger partial charge in [0.1, 0.15) is 0 Å². The minimum Gasteiger partial charge on any atom is -0.493 e. The Hall–Kier alpha value is -3.74. The largest absolute Gasteiger partial charge is 0.493 e. The Morgan fingerprint density at radius 1 is 0.903 bits per heavy atom. The van der Waals surface area contributed by atoms with Crippen LogP contribution in [-0.2, 0) is 6.42 Å². The molecule has 31 heavy (non-hydrogen) atoms. The molecule has 0 radical (unpaired) electrons. The molecule has 0 aliphatic carbocycles. The highest BCUT2D eigenvalue weighted by Crippen LogP contribution is 2.29. The Labute approximate surface area is 178 Å². The van der Waals surface area contributed by atoms with E-state index >= 15 is 0 Å². The van der Waals surface area contributed by atoms with E-state index in [2.05, 4.69) is 10.1 Å². The molecule has 0 aliphatic heterocycles. The molecule has 0 bridgehead atoms. The Bertz CT molecular complexity index is 1050. The number of amides is 1. The fourth-order valence-corrected chi connectivity index (χ4v) is 3.10. The first-order chi connectivity index (χ1) is 15.0. The van der Waals surface area contributed by atoms with Gasteiger partial charge in [0, 0.05) is 17.7 Å². The maximum Gasteiger partial charge on any atom is 0.387 e. The van der Waals surface area contributed by atoms with Crippen molar-refractivity contribution >= 4 is 11.7 Å². The first-order valence-electron chi connectivity index (χ1n) is 9.58. The van der Waals surface area contributed by atoms with Crippen LogP contribution in [0.4, 0.5) is 8.78 Å². The SMILES string of the molecule is COc1ccc(CCNC(=O)c2ccccc2C(=O)c2ccccc2)cc1OC(F)F. The van der Waals surface area contributed by atoms with E-state index in [0.29, 0.717) is 23.1 Å². The summed E-state index contributed by atoms with van der Waals surface area (Å²) >= 11 is 0. The van der Waals surface area contributed by atoms with Gasteiger partial charge in [-0.05, 0) is 30.2 Å². The van der Waals surface area contributed by atoms with Crippen LogP contribution in [0.2, 0.25) is 0 Å². The molecule has 0 aliphatic rings. The van der Waals surface area contributed by atoms with Crippen LogP contribution in [0.3, 0.4) is 0 Å². The average Bonchev–Trinajstić information content (AvgIpc) is 2.79. The van der Waals surface area contributed by atoms with E-state index < -0.39 is 12.5 Å². The van der Waals surface area contributed by atoms with E-state index in [0.717, 1.165) is 0 Å². The fraction of sp³-hybridized carbons (Fsp3) is 0.167. The second-order valence-corrected chi connectivity index (χ2v) is 6.61. The number of ketones is 1. The highest BCUT2D eigenvalue weighted by atomic mass is 19.3. The zero-order valence-electron chi connectivity index (χ0n) is 16.8. The van der Waals surface area contributed by atoms with Crippen LogP contribution in [0.5, 0.6) is 11.5 Å². The van der Waals surface area contributed by atoms with Gasteiger partial charge in [-0.3, -0.25) is 9.59 Å². The molecular weight excluding hydrogens is 404 g/mol. The molecule has 1 N–H and O–H groups in total. The lowest BCUT2D eigenvalue weighted by atomic mass is 9.98. The second-order valence-electron chi connectivity index (χ2n) is 6.61. The average molecular weight is 425 g/mol. The number of hydrogen-bond acceptors (Lipinski definition) is 4. The molecule has 3 aromatic rings. The Kier molecular flexibility index (Phi) is 7.32. The van der Waals surface area contributed by atoms with Gasteiger partial charge in [0.25, 0.3) is 5.91 Å². The molecule has 0 saturated carbocycles. The number of carbonyl (C=O) groups excluding carboxylic acids is 2. The second kappa shape index (κ2) is 10.3. The maximum absolute atomic E-state index is 12.8. The van der Waals surface area contributed by atoms with E-state index in [1.165, 1.54) is 19.2 Å². The monoisotopic (exact) mass is 425 g/mol. The van der Waals surface area contributed by atoms with Crippen LogP contribution < -0.4 is 14.8 Å². The lowest BCUT2D eigenvalue weighted by molar-refractivity contribution is -0.0512. The summed E-state index contributed by atoms with van der Waals surface area (Å²) in [5.41, 5.74) is 1.76. The zero-order chi connectivity index (χ0) is 22.2. The van der Waals surface area contributed by atoms with Crippen LogP contribution >= 0.6 is 0 Å². The third kappa shape index (κ3) is 5.66. The summed E-state index contributed by atoms with van der Waals surface area (Å²) in [6.07, 6.45) is 0.379. The molecule has 0 saturated heterocycles. The summed E-state index contributed by atoms with van der Waals surface area (Å²) in [7, 11) is 1.36. The molecule has 0 aromatic heterocycles. The lowest BCUT2D eigenvalue weighted by Crippen LogP contribution is -2.27. The summed E-state index contributed by atoms with van der Waals surface area (Å²) in [5, 5.41) is 2.77. The first kappa shape index (κ1) is 22.0. The van der Waals surface area contributed by atoms with E-state index in [1.807, 2.05) is 6.07 Å². The van der Waals surface area contributed by atoms with Crippen molar-refractivity contribution in [3.05, 3.63) is 95.1 Å². The third-order valence-electron chi connectivity index (χ3n) is 4.60. The summed E-state index contributed by atoms with van der Waals surface area (Å²) in [4.78, 5) is 25.5. The van der Waals surface area contributed by atoms with Crippen molar-refractivity contribution in [3.63, 3.8) is 0 Å². The summed E-state index contributed by atoms with van der Waals surface area (Å²) in [6.45, 7) is -2.73. The van der Waals surface area contributed by atoms with E-state index in [1.54, 1.807) is 54.6 Å². The highest BCUT2D eigenvalue weighted by Gasteiger charge is 2.18. The molecule has 1 amide bonds. The van der Waals surface area contributed by atoms with Crippen LogP contribution in [0, 0.1) is 0 Å². The minimum atomic E-state index is -2.97. The number of rotatable bonds is 9. The summed E-state index contributed by atoms with van der Waals surface area (Å²) in [5.74, 6) is -0.505. The first-order valence-corrected chi connectivity index (χ1v) is 9.58. The predicted octanol–water partition coefficient (Wildman–Crippen LogP) is 4.50. The van der Waals surface area contributed by atoms with Gasteiger partial charge in [-0.1, -0.05) is 54.6 Å². The number of hydrogen-bond donors (Lipinski definition) is 1. The fourth-order valence-electron chi connectivity index (χ4n) is 3.10. The zero-order valence-corrected chi connectivity index (χ0v) is 16.8. The number of ether oxygens (including phenoxy) is 2. The van der Waals surface area contributed by atoms with E-state index in [4.69, 9.17) is 4.74 Å². The number of methoxy groups -OCH3 is 1. The summed E-state index contributed by atoms with van der Waals surface area (Å²) in [6, 6.07) is 20.0. The van der Waals surface area contributed by atoms with Crippen molar-refractivity contribution in [3.8, 4) is 11.5 Å². The van der Waals surface area contributed by atoms with Crippen LogP contribution in [0.15, 0.2) is 72.8 Å². The number of nitrogens with one attached hydrogen (secondary N) is 1. The number of benzene rings is 3. The molecule has 0 spiro atoms. The summed E-state index contributed by atoms with van der Waals surface area (Å²) < 4.78 is 34.6. The van der Waals surface area contributed by atoms with Crippen molar-refractivity contribution in [2.45, 2.75) is 13.0 Å². The normalized spacial score (nSPS) is 10.6. The van der Waals surface area contributed by atoms with Gasteiger partial charge >= 0.3 is 6.61 Å². The molecule has 3 aromatic carbocycles.